The summed E-state index contributed by atoms with van der Waals surface area (Å²) in [5, 5.41) is 39.0. The van der Waals surface area contributed by atoms with Crippen LogP contribution in [0.5, 0.6) is 0 Å². The fourth-order valence-electron chi connectivity index (χ4n) is 5.16. The lowest BCUT2D eigenvalue weighted by molar-refractivity contribution is -0.281. The van der Waals surface area contributed by atoms with E-state index in [9.17, 15) is 15.8 Å². The maximum Gasteiger partial charge on any atom is 0.217 e. The van der Waals surface area contributed by atoms with Crippen LogP contribution >= 0.6 is 0 Å². The Labute approximate surface area is 158 Å². The largest absolute Gasteiger partial charge is 0.447 e. The van der Waals surface area contributed by atoms with Gasteiger partial charge in [-0.05, 0) is 18.4 Å². The average molecular weight is 360 g/mol. The predicted octanol–water partition coefficient (Wildman–Crippen LogP) is 3.46. The second-order valence-electron chi connectivity index (χ2n) is 7.64. The Morgan fingerprint density at radius 1 is 1.04 bits per heavy atom. The number of hydrogen-bond donors (Lipinski definition) is 1. The standard InChI is InChI=1S/C21H20N4O2/c22-12-19(13-23)17(11-15-7-3-1-4-8-15)26-21-10-6-2-5-9-16(21)20(19,14-24)18(25)27-21/h1,3-4,7-8,16-17,25H,2,5-6,9-11H2. The van der Waals surface area contributed by atoms with Gasteiger partial charge in [-0.25, -0.2) is 0 Å². The highest BCUT2D eigenvalue weighted by molar-refractivity contribution is 5.89. The first-order chi connectivity index (χ1) is 13.1. The first-order valence-corrected chi connectivity index (χ1v) is 9.32. The molecule has 2 aliphatic heterocycles. The van der Waals surface area contributed by atoms with Gasteiger partial charge >= 0.3 is 0 Å². The molecular formula is C21H20N4O2. The smallest absolute Gasteiger partial charge is 0.217 e. The van der Waals surface area contributed by atoms with Gasteiger partial charge in [0.15, 0.2) is 10.8 Å². The molecule has 1 aromatic rings. The molecule has 0 aromatic heterocycles. The first-order valence-electron chi connectivity index (χ1n) is 9.32. The molecular weight excluding hydrogens is 340 g/mol. The maximum atomic E-state index is 10.2. The fourth-order valence-corrected chi connectivity index (χ4v) is 5.16. The molecule has 3 aliphatic rings. The van der Waals surface area contributed by atoms with Crippen LogP contribution < -0.4 is 0 Å². The zero-order chi connectivity index (χ0) is 19.1. The van der Waals surface area contributed by atoms with Crippen molar-refractivity contribution < 1.29 is 9.47 Å². The summed E-state index contributed by atoms with van der Waals surface area (Å²) in [4.78, 5) is 0. The van der Waals surface area contributed by atoms with Crippen molar-refractivity contribution in [3.05, 3.63) is 35.9 Å². The lowest BCUT2D eigenvalue weighted by Gasteiger charge is -2.49. The van der Waals surface area contributed by atoms with E-state index in [1.165, 1.54) is 0 Å². The molecule has 2 saturated heterocycles. The van der Waals surface area contributed by atoms with Crippen LogP contribution in [0, 0.1) is 56.2 Å². The van der Waals surface area contributed by atoms with Crippen molar-refractivity contribution in [3.63, 3.8) is 0 Å². The third-order valence-corrected chi connectivity index (χ3v) is 6.44. The zero-order valence-corrected chi connectivity index (χ0v) is 14.9. The molecule has 1 aromatic carbocycles. The van der Waals surface area contributed by atoms with Gasteiger partial charge in [0.05, 0.1) is 24.1 Å². The van der Waals surface area contributed by atoms with E-state index in [1.807, 2.05) is 30.3 Å². The number of nitrogens with zero attached hydrogens (tertiary/aromatic N) is 3. The molecule has 6 heteroatoms. The lowest BCUT2D eigenvalue weighted by Crippen LogP contribution is -2.62. The van der Waals surface area contributed by atoms with E-state index in [-0.39, 0.29) is 5.90 Å². The Morgan fingerprint density at radius 2 is 1.78 bits per heavy atom. The van der Waals surface area contributed by atoms with Crippen LogP contribution in [0.1, 0.15) is 37.7 Å². The number of nitrogens with one attached hydrogen (secondary N) is 1. The van der Waals surface area contributed by atoms with Crippen molar-refractivity contribution in [2.45, 2.75) is 50.4 Å². The number of rotatable bonds is 2. The Balaban J connectivity index is 1.90. The number of benzene rings is 1. The van der Waals surface area contributed by atoms with Gasteiger partial charge in [0.25, 0.3) is 0 Å². The minimum Gasteiger partial charge on any atom is -0.447 e. The van der Waals surface area contributed by atoms with Crippen molar-refractivity contribution >= 4 is 5.90 Å². The minimum absolute atomic E-state index is 0.282. The molecule has 4 unspecified atom stereocenters. The highest BCUT2D eigenvalue weighted by Crippen LogP contribution is 2.65. The Morgan fingerprint density at radius 3 is 2.44 bits per heavy atom. The molecule has 3 fully saturated rings. The van der Waals surface area contributed by atoms with Gasteiger partial charge < -0.3 is 9.47 Å². The number of hydrogen-bond acceptors (Lipinski definition) is 6. The van der Waals surface area contributed by atoms with Crippen LogP contribution in [-0.2, 0) is 15.9 Å². The van der Waals surface area contributed by atoms with E-state index in [4.69, 9.17) is 14.9 Å². The molecule has 0 amide bonds. The average Bonchev–Trinajstić information content (AvgIpc) is 2.81. The van der Waals surface area contributed by atoms with E-state index in [2.05, 4.69) is 18.2 Å². The summed E-state index contributed by atoms with van der Waals surface area (Å²) in [7, 11) is 0. The number of ether oxygens (including phenoxy) is 2. The summed E-state index contributed by atoms with van der Waals surface area (Å²) < 4.78 is 12.3. The molecule has 1 aliphatic carbocycles. The third-order valence-electron chi connectivity index (χ3n) is 6.44. The van der Waals surface area contributed by atoms with E-state index < -0.39 is 28.6 Å². The quantitative estimate of drug-likeness (QED) is 0.867. The maximum absolute atomic E-state index is 10.2. The molecule has 136 valence electrons. The summed E-state index contributed by atoms with van der Waals surface area (Å²) in [6.45, 7) is 0. The second-order valence-corrected chi connectivity index (χ2v) is 7.64. The van der Waals surface area contributed by atoms with E-state index in [0.717, 1.165) is 24.8 Å². The monoisotopic (exact) mass is 360 g/mol. The minimum atomic E-state index is -1.79. The summed E-state index contributed by atoms with van der Waals surface area (Å²) in [6.07, 6.45) is 3.38. The summed E-state index contributed by atoms with van der Waals surface area (Å²) >= 11 is 0. The highest BCUT2D eigenvalue weighted by Gasteiger charge is 2.79. The van der Waals surface area contributed by atoms with Crippen LogP contribution in [0.2, 0.25) is 0 Å². The topological polar surface area (TPSA) is 114 Å². The summed E-state index contributed by atoms with van der Waals surface area (Å²) in [5.74, 6) is -1.84. The van der Waals surface area contributed by atoms with Crippen molar-refractivity contribution in [2.75, 3.05) is 0 Å². The first kappa shape index (κ1) is 17.5. The zero-order valence-electron chi connectivity index (χ0n) is 14.9. The van der Waals surface area contributed by atoms with Crippen molar-refractivity contribution in [3.8, 4) is 18.2 Å². The van der Waals surface area contributed by atoms with Gasteiger partial charge in [-0.3, -0.25) is 5.41 Å². The SMILES string of the molecule is N#CC1(C#N)C(Cc2ccccc2)OC23CCCCCC2C1(C#N)C(=N)O3. The Kier molecular flexibility index (Phi) is 3.95. The third kappa shape index (κ3) is 2.10. The molecule has 6 nitrogen and oxygen atoms in total. The van der Waals surface area contributed by atoms with Gasteiger partial charge in [-0.2, -0.15) is 15.8 Å². The molecule has 1 saturated carbocycles. The Bertz CT molecular complexity index is 879. The van der Waals surface area contributed by atoms with Crippen molar-refractivity contribution in [1.82, 2.24) is 0 Å². The van der Waals surface area contributed by atoms with Crippen molar-refractivity contribution in [1.29, 1.82) is 21.2 Å². The van der Waals surface area contributed by atoms with E-state index in [1.54, 1.807) is 0 Å². The summed E-state index contributed by atoms with van der Waals surface area (Å²) in [5.41, 5.74) is -2.47. The lowest BCUT2D eigenvalue weighted by atomic mass is 9.53. The highest BCUT2D eigenvalue weighted by atomic mass is 16.7. The van der Waals surface area contributed by atoms with Crippen LogP contribution in [0.15, 0.2) is 30.3 Å². The second kappa shape index (κ2) is 6.08. The molecule has 0 radical (unpaired) electrons. The molecule has 4 atom stereocenters. The van der Waals surface area contributed by atoms with Gasteiger partial charge in [-0.15, -0.1) is 0 Å². The van der Waals surface area contributed by atoms with Crippen molar-refractivity contribution in [2.24, 2.45) is 16.7 Å². The summed E-state index contributed by atoms with van der Waals surface area (Å²) in [6, 6.07) is 15.9. The molecule has 4 rings (SSSR count). The molecule has 1 N–H and O–H groups in total. The van der Waals surface area contributed by atoms with Crippen LogP contribution in [0.3, 0.4) is 0 Å². The van der Waals surface area contributed by atoms with Crippen LogP contribution in [-0.4, -0.2) is 17.8 Å². The van der Waals surface area contributed by atoms with E-state index in [0.29, 0.717) is 19.3 Å². The molecule has 0 spiro atoms. The fraction of sp³-hybridized carbons (Fsp3) is 0.524. The molecule has 2 bridgehead atoms. The van der Waals surface area contributed by atoms with Gasteiger partial charge in [0, 0.05) is 12.8 Å². The number of nitriles is 3. The molecule has 2 heterocycles. The van der Waals surface area contributed by atoms with Crippen LogP contribution in [0.4, 0.5) is 0 Å². The van der Waals surface area contributed by atoms with Gasteiger partial charge in [0.2, 0.25) is 11.7 Å². The van der Waals surface area contributed by atoms with Gasteiger partial charge in [-0.1, -0.05) is 43.2 Å². The normalized spacial score (nSPS) is 36.3. The molecule has 27 heavy (non-hydrogen) atoms. The Hall–Kier alpha value is -2.88. The van der Waals surface area contributed by atoms with Gasteiger partial charge in [0.1, 0.15) is 6.10 Å². The van der Waals surface area contributed by atoms with Crippen LogP contribution in [0.25, 0.3) is 0 Å². The predicted molar refractivity (Wildman–Crippen MR) is 94.8 cm³/mol. The van der Waals surface area contributed by atoms with E-state index >= 15 is 0 Å².